The molecule has 4 heteroatoms. The predicted octanol–water partition coefficient (Wildman–Crippen LogP) is 7.59. The lowest BCUT2D eigenvalue weighted by molar-refractivity contribution is -0.132. The molecule has 1 amide bonds. The minimum Gasteiger partial charge on any atom is -0.343 e. The van der Waals surface area contributed by atoms with Gasteiger partial charge in [0, 0.05) is 48.6 Å². The molecule has 0 spiro atoms. The molecule has 4 nitrogen and oxygen atoms in total. The van der Waals surface area contributed by atoms with Crippen LogP contribution in [0, 0.1) is 0 Å². The van der Waals surface area contributed by atoms with Gasteiger partial charge in [-0.2, -0.15) is 0 Å². The number of para-hydroxylation sites is 1. The van der Waals surface area contributed by atoms with Crippen molar-refractivity contribution in [2.75, 3.05) is 0 Å². The SMILES string of the molecule is C/C=C(\C)Cn1cc(CC(=O)N(Cc2ccncc2)C(C)C)c2ccccc21.C/C=C\C.CC. The van der Waals surface area contributed by atoms with E-state index >= 15 is 0 Å². The third-order valence-corrected chi connectivity index (χ3v) is 5.50. The van der Waals surface area contributed by atoms with Crippen molar-refractivity contribution in [2.45, 2.75) is 80.9 Å². The highest BCUT2D eigenvalue weighted by Crippen LogP contribution is 2.24. The van der Waals surface area contributed by atoms with Gasteiger partial charge in [-0.25, -0.2) is 0 Å². The molecule has 0 saturated heterocycles. The van der Waals surface area contributed by atoms with Gasteiger partial charge in [0.1, 0.15) is 0 Å². The number of aromatic nitrogens is 2. The van der Waals surface area contributed by atoms with Crippen LogP contribution >= 0.6 is 0 Å². The van der Waals surface area contributed by atoms with Crippen LogP contribution < -0.4 is 0 Å². The van der Waals surface area contributed by atoms with Crippen molar-refractivity contribution in [1.82, 2.24) is 14.5 Å². The van der Waals surface area contributed by atoms with E-state index in [1.165, 1.54) is 11.1 Å². The number of rotatable bonds is 7. The highest BCUT2D eigenvalue weighted by molar-refractivity contribution is 5.89. The number of fused-ring (bicyclic) bond motifs is 1. The molecule has 0 N–H and O–H groups in total. The van der Waals surface area contributed by atoms with Crippen molar-refractivity contribution in [3.8, 4) is 0 Å². The average Bonchev–Trinajstić information content (AvgIpc) is 3.21. The third-order valence-electron chi connectivity index (χ3n) is 5.50. The molecule has 3 rings (SSSR count). The van der Waals surface area contributed by atoms with Gasteiger partial charge in [0.25, 0.3) is 0 Å². The van der Waals surface area contributed by atoms with Crippen LogP contribution in [0.3, 0.4) is 0 Å². The van der Waals surface area contributed by atoms with E-state index in [0.29, 0.717) is 13.0 Å². The van der Waals surface area contributed by atoms with Gasteiger partial charge in [-0.15, -0.1) is 0 Å². The maximum absolute atomic E-state index is 13.2. The number of benzene rings is 1. The first kappa shape index (κ1) is 28.9. The van der Waals surface area contributed by atoms with E-state index in [9.17, 15) is 4.79 Å². The first-order valence-electron chi connectivity index (χ1n) is 12.3. The molecule has 0 aliphatic rings. The average molecular weight is 462 g/mol. The lowest BCUT2D eigenvalue weighted by Crippen LogP contribution is -2.37. The maximum atomic E-state index is 13.2. The van der Waals surface area contributed by atoms with E-state index in [0.717, 1.165) is 23.1 Å². The molecule has 184 valence electrons. The van der Waals surface area contributed by atoms with Crippen molar-refractivity contribution in [3.05, 3.63) is 89.9 Å². The molecule has 0 saturated carbocycles. The van der Waals surface area contributed by atoms with E-state index in [-0.39, 0.29) is 11.9 Å². The Morgan fingerprint density at radius 1 is 1.03 bits per heavy atom. The van der Waals surface area contributed by atoms with Crippen molar-refractivity contribution in [1.29, 1.82) is 0 Å². The Hall–Kier alpha value is -3.14. The molecule has 0 atom stereocenters. The number of carbonyl (C=O) groups excluding carboxylic acids is 1. The van der Waals surface area contributed by atoms with Crippen LogP contribution in [0.4, 0.5) is 0 Å². The van der Waals surface area contributed by atoms with E-state index in [4.69, 9.17) is 0 Å². The van der Waals surface area contributed by atoms with Crippen LogP contribution in [-0.4, -0.2) is 26.4 Å². The van der Waals surface area contributed by atoms with Crippen molar-refractivity contribution in [3.63, 3.8) is 0 Å². The molecule has 2 aromatic heterocycles. The summed E-state index contributed by atoms with van der Waals surface area (Å²) in [5.74, 6) is 0.150. The smallest absolute Gasteiger partial charge is 0.227 e. The molecule has 0 unspecified atom stereocenters. The first-order chi connectivity index (χ1) is 16.4. The second-order valence-corrected chi connectivity index (χ2v) is 8.25. The topological polar surface area (TPSA) is 38.1 Å². The van der Waals surface area contributed by atoms with Gasteiger partial charge in [-0.1, -0.05) is 55.8 Å². The van der Waals surface area contributed by atoms with Crippen LogP contribution in [-0.2, 0) is 24.3 Å². The van der Waals surface area contributed by atoms with Gasteiger partial charge in [0.05, 0.1) is 6.42 Å². The minimum atomic E-state index is 0.138. The fourth-order valence-electron chi connectivity index (χ4n) is 3.46. The van der Waals surface area contributed by atoms with Gasteiger partial charge in [-0.05, 0) is 70.9 Å². The van der Waals surface area contributed by atoms with E-state index < -0.39 is 0 Å². The molecule has 0 radical (unpaired) electrons. The second kappa shape index (κ2) is 15.7. The Balaban J connectivity index is 0.000000872. The van der Waals surface area contributed by atoms with E-state index in [1.807, 2.05) is 62.9 Å². The lowest BCUT2D eigenvalue weighted by Gasteiger charge is -2.27. The standard InChI is InChI=1S/C24H29N3O.C4H8.C2H6/c1-5-19(4)15-26-17-21(22-8-6-7-9-23(22)26)14-24(28)27(18(2)3)16-20-10-12-25-13-11-20;1-3-4-2;1-2/h5-13,17-18H,14-16H2,1-4H3;3-4H,1-2H3;1-2H3/b19-5+;4-3-;. The summed E-state index contributed by atoms with van der Waals surface area (Å²) < 4.78 is 2.25. The number of amides is 1. The summed E-state index contributed by atoms with van der Waals surface area (Å²) in [6, 6.07) is 12.4. The van der Waals surface area contributed by atoms with Gasteiger partial charge in [0.15, 0.2) is 0 Å². The van der Waals surface area contributed by atoms with Gasteiger partial charge in [-0.3, -0.25) is 9.78 Å². The number of carbonyl (C=O) groups is 1. The number of nitrogens with zero attached hydrogens (tertiary/aromatic N) is 3. The van der Waals surface area contributed by atoms with Crippen LogP contribution in [0.15, 0.2) is 78.8 Å². The molecule has 0 aliphatic carbocycles. The zero-order valence-corrected chi connectivity index (χ0v) is 22.4. The summed E-state index contributed by atoms with van der Waals surface area (Å²) in [5, 5.41) is 1.16. The van der Waals surface area contributed by atoms with Crippen molar-refractivity contribution < 1.29 is 4.79 Å². The fraction of sp³-hybridized carbons (Fsp3) is 0.400. The first-order valence-corrected chi connectivity index (χ1v) is 12.3. The Kier molecular flexibility index (Phi) is 13.3. The molecule has 34 heavy (non-hydrogen) atoms. The quantitative estimate of drug-likeness (QED) is 0.340. The Bertz CT molecular complexity index is 1040. The van der Waals surface area contributed by atoms with Crippen LogP contribution in [0.5, 0.6) is 0 Å². The number of hydrogen-bond acceptors (Lipinski definition) is 2. The number of pyridine rings is 1. The van der Waals surface area contributed by atoms with Gasteiger partial charge in [0.2, 0.25) is 5.91 Å². The van der Waals surface area contributed by atoms with E-state index in [2.05, 4.69) is 67.7 Å². The number of allylic oxidation sites excluding steroid dienone is 4. The molecule has 1 aromatic carbocycles. The van der Waals surface area contributed by atoms with Crippen LogP contribution in [0.25, 0.3) is 10.9 Å². The summed E-state index contributed by atoms with van der Waals surface area (Å²) in [6.07, 6.45) is 12.2. The lowest BCUT2D eigenvalue weighted by atomic mass is 10.1. The maximum Gasteiger partial charge on any atom is 0.227 e. The zero-order valence-electron chi connectivity index (χ0n) is 22.4. The molecule has 3 aromatic rings. The summed E-state index contributed by atoms with van der Waals surface area (Å²) in [5.41, 5.74) is 4.67. The monoisotopic (exact) mass is 461 g/mol. The van der Waals surface area contributed by atoms with Crippen LogP contribution in [0.1, 0.15) is 66.5 Å². The van der Waals surface area contributed by atoms with Gasteiger partial charge >= 0.3 is 0 Å². The molecule has 0 fully saturated rings. The molecular formula is C30H43N3O. The Labute approximate surface area is 207 Å². The summed E-state index contributed by atoms with van der Waals surface area (Å²) in [6.45, 7) is 17.8. The molecular weight excluding hydrogens is 418 g/mol. The minimum absolute atomic E-state index is 0.138. The van der Waals surface area contributed by atoms with Crippen LogP contribution in [0.2, 0.25) is 0 Å². The predicted molar refractivity (Wildman–Crippen MR) is 147 cm³/mol. The zero-order chi connectivity index (χ0) is 25.5. The van der Waals surface area contributed by atoms with Gasteiger partial charge < -0.3 is 9.47 Å². The fourth-order valence-corrected chi connectivity index (χ4v) is 3.46. The second-order valence-electron chi connectivity index (χ2n) is 8.25. The molecule has 0 bridgehead atoms. The highest BCUT2D eigenvalue weighted by Gasteiger charge is 2.20. The highest BCUT2D eigenvalue weighted by atomic mass is 16.2. The largest absolute Gasteiger partial charge is 0.343 e. The normalized spacial score (nSPS) is 11.1. The van der Waals surface area contributed by atoms with Crippen molar-refractivity contribution in [2.24, 2.45) is 0 Å². The van der Waals surface area contributed by atoms with E-state index in [1.54, 1.807) is 12.4 Å². The molecule has 2 heterocycles. The van der Waals surface area contributed by atoms with Crippen molar-refractivity contribution >= 4 is 16.8 Å². The summed E-state index contributed by atoms with van der Waals surface area (Å²) in [7, 11) is 0. The summed E-state index contributed by atoms with van der Waals surface area (Å²) >= 11 is 0. The Morgan fingerprint density at radius 2 is 1.65 bits per heavy atom. The third kappa shape index (κ3) is 8.66. The summed E-state index contributed by atoms with van der Waals surface area (Å²) in [4.78, 5) is 19.2. The Morgan fingerprint density at radius 3 is 2.21 bits per heavy atom. The number of hydrogen-bond donors (Lipinski definition) is 0. The molecule has 0 aliphatic heterocycles.